The van der Waals surface area contributed by atoms with Gasteiger partial charge in [-0.25, -0.2) is 22.9 Å². The molecule has 0 aromatic carbocycles. The Bertz CT molecular complexity index is 412. The summed E-state index contributed by atoms with van der Waals surface area (Å²) in [6.45, 7) is 0. The van der Waals surface area contributed by atoms with E-state index < -0.39 is 29.5 Å². The van der Waals surface area contributed by atoms with Crippen molar-refractivity contribution in [3.63, 3.8) is 0 Å². The van der Waals surface area contributed by atoms with Crippen LogP contribution in [-0.4, -0.2) is 18.1 Å². The fourth-order valence-electron chi connectivity index (χ4n) is 1.08. The number of esters is 1. The summed E-state index contributed by atoms with van der Waals surface area (Å²) in [4.78, 5) is 14.5. The van der Waals surface area contributed by atoms with Crippen LogP contribution >= 0.6 is 15.9 Å². The molecule has 0 N–H and O–H groups in total. The number of ether oxygens (including phenoxy) is 1. The molecule has 0 unspecified atom stereocenters. The normalized spacial score (nSPS) is 10.6. The van der Waals surface area contributed by atoms with Gasteiger partial charge in [0, 0.05) is 5.33 Å². The van der Waals surface area contributed by atoms with E-state index in [9.17, 15) is 18.0 Å². The molecule has 16 heavy (non-hydrogen) atoms. The summed E-state index contributed by atoms with van der Waals surface area (Å²) in [6.07, 6.45) is -2.97. The average molecular weight is 298 g/mol. The third-order valence-electron chi connectivity index (χ3n) is 1.82. The fraction of sp³-hybridized carbons (Fsp3) is 0.333. The minimum absolute atomic E-state index is 0.0139. The van der Waals surface area contributed by atoms with Gasteiger partial charge in [-0.15, -0.1) is 0 Å². The number of hydrogen-bond donors (Lipinski definition) is 0. The molecule has 0 fully saturated rings. The van der Waals surface area contributed by atoms with Gasteiger partial charge in [0.2, 0.25) is 0 Å². The lowest BCUT2D eigenvalue weighted by Gasteiger charge is -2.08. The summed E-state index contributed by atoms with van der Waals surface area (Å²) in [5, 5.41) is -0.0139. The zero-order valence-corrected chi connectivity index (χ0v) is 9.72. The predicted molar refractivity (Wildman–Crippen MR) is 53.1 cm³/mol. The van der Waals surface area contributed by atoms with Gasteiger partial charge in [0.15, 0.2) is 0 Å². The first-order valence-electron chi connectivity index (χ1n) is 4.13. The van der Waals surface area contributed by atoms with Crippen molar-refractivity contribution in [3.8, 4) is 0 Å². The second kappa shape index (κ2) is 5.29. The van der Waals surface area contributed by atoms with E-state index >= 15 is 0 Å². The Morgan fingerprint density at radius 2 is 2.25 bits per heavy atom. The quantitative estimate of drug-likeness (QED) is 0.636. The summed E-state index contributed by atoms with van der Waals surface area (Å²) < 4.78 is 42.6. The van der Waals surface area contributed by atoms with Gasteiger partial charge in [-0.2, -0.15) is 0 Å². The van der Waals surface area contributed by atoms with Crippen molar-refractivity contribution in [2.45, 2.75) is 11.8 Å². The summed E-state index contributed by atoms with van der Waals surface area (Å²) in [7, 11) is 1.02. The van der Waals surface area contributed by atoms with Crippen molar-refractivity contribution in [2.75, 3.05) is 7.11 Å². The molecule has 88 valence electrons. The number of carbonyl (C=O) groups excluding carboxylic acids is 1. The maximum Gasteiger partial charge on any atom is 0.340 e. The number of alkyl halides is 3. The van der Waals surface area contributed by atoms with E-state index in [-0.39, 0.29) is 11.0 Å². The summed E-state index contributed by atoms with van der Waals surface area (Å²) in [5.41, 5.74) is -1.51. The minimum Gasteiger partial charge on any atom is -0.465 e. The van der Waals surface area contributed by atoms with Crippen LogP contribution < -0.4 is 0 Å². The average Bonchev–Trinajstić information content (AvgIpc) is 2.27. The van der Waals surface area contributed by atoms with Crippen LogP contribution in [0.5, 0.6) is 0 Å². The second-order valence-corrected chi connectivity index (χ2v) is 3.34. The highest BCUT2D eigenvalue weighted by Crippen LogP contribution is 2.24. The molecule has 0 saturated carbocycles. The van der Waals surface area contributed by atoms with Crippen LogP contribution in [0.1, 0.15) is 28.2 Å². The van der Waals surface area contributed by atoms with Crippen LogP contribution in [0.3, 0.4) is 0 Å². The van der Waals surface area contributed by atoms with E-state index in [1.54, 1.807) is 0 Å². The Morgan fingerprint density at radius 1 is 1.62 bits per heavy atom. The van der Waals surface area contributed by atoms with E-state index in [1.807, 2.05) is 0 Å². The number of hydrogen-bond acceptors (Lipinski definition) is 3. The maximum absolute atomic E-state index is 13.2. The lowest BCUT2D eigenvalue weighted by molar-refractivity contribution is 0.0586. The molecular formula is C9H7BrF3NO2. The largest absolute Gasteiger partial charge is 0.465 e. The molecule has 0 atom stereocenters. The van der Waals surface area contributed by atoms with Crippen LogP contribution in [0.25, 0.3) is 0 Å². The molecule has 1 rings (SSSR count). The molecule has 0 radical (unpaired) electrons. The molecule has 1 aromatic rings. The first-order chi connectivity index (χ1) is 7.51. The molecule has 1 heterocycles. The highest BCUT2D eigenvalue weighted by atomic mass is 79.9. The molecule has 3 nitrogen and oxygen atoms in total. The number of nitrogens with zero attached hydrogens (tertiary/aromatic N) is 1. The number of methoxy groups -OCH3 is 1. The van der Waals surface area contributed by atoms with Gasteiger partial charge in [0.25, 0.3) is 6.43 Å². The Morgan fingerprint density at radius 3 is 2.69 bits per heavy atom. The Balaban J connectivity index is 3.36. The number of rotatable bonds is 3. The molecule has 0 aliphatic carbocycles. The molecule has 0 amide bonds. The highest BCUT2D eigenvalue weighted by Gasteiger charge is 2.23. The summed E-state index contributed by atoms with van der Waals surface area (Å²) in [5.74, 6) is -1.87. The number of pyridine rings is 1. The molecule has 0 bridgehead atoms. The smallest absolute Gasteiger partial charge is 0.340 e. The van der Waals surface area contributed by atoms with Crippen molar-refractivity contribution in [2.24, 2.45) is 0 Å². The minimum atomic E-state index is -2.97. The van der Waals surface area contributed by atoms with Crippen molar-refractivity contribution in [1.82, 2.24) is 4.98 Å². The molecular weight excluding hydrogens is 291 g/mol. The van der Waals surface area contributed by atoms with Crippen LogP contribution in [0, 0.1) is 5.82 Å². The van der Waals surface area contributed by atoms with E-state index in [0.29, 0.717) is 6.07 Å². The van der Waals surface area contributed by atoms with Crippen LogP contribution in [-0.2, 0) is 10.1 Å². The topological polar surface area (TPSA) is 39.2 Å². The highest BCUT2D eigenvalue weighted by molar-refractivity contribution is 9.08. The van der Waals surface area contributed by atoms with E-state index in [2.05, 4.69) is 25.7 Å². The third kappa shape index (κ3) is 2.52. The number of aromatic nitrogens is 1. The molecule has 0 saturated heterocycles. The Kier molecular flexibility index (Phi) is 4.28. The Labute approximate surface area is 97.8 Å². The van der Waals surface area contributed by atoms with Gasteiger partial charge in [0.05, 0.1) is 18.4 Å². The summed E-state index contributed by atoms with van der Waals surface area (Å²) in [6, 6.07) is 0.705. The van der Waals surface area contributed by atoms with Gasteiger partial charge in [-0.05, 0) is 6.07 Å². The maximum atomic E-state index is 13.2. The lowest BCUT2D eigenvalue weighted by atomic mass is 10.1. The fourth-order valence-corrected chi connectivity index (χ4v) is 1.47. The van der Waals surface area contributed by atoms with Crippen LogP contribution in [0.4, 0.5) is 13.2 Å². The van der Waals surface area contributed by atoms with E-state index in [0.717, 1.165) is 7.11 Å². The number of halogens is 4. The van der Waals surface area contributed by atoms with Crippen molar-refractivity contribution in [1.29, 1.82) is 0 Å². The molecule has 7 heteroatoms. The van der Waals surface area contributed by atoms with Gasteiger partial charge in [-0.1, -0.05) is 15.9 Å². The van der Waals surface area contributed by atoms with E-state index in [4.69, 9.17) is 0 Å². The zero-order chi connectivity index (χ0) is 12.3. The predicted octanol–water partition coefficient (Wildman–Crippen LogP) is 2.84. The van der Waals surface area contributed by atoms with E-state index in [1.165, 1.54) is 0 Å². The number of carbonyl (C=O) groups is 1. The van der Waals surface area contributed by atoms with Gasteiger partial charge >= 0.3 is 5.97 Å². The standard InChI is InChI=1S/C9H7BrF3NO2/c1-16-9(15)4-2-5(11)6(3-10)14-7(4)8(12)13/h2,8H,3H2,1H3. The second-order valence-electron chi connectivity index (χ2n) is 2.78. The molecule has 0 aliphatic heterocycles. The SMILES string of the molecule is COC(=O)c1cc(F)c(CBr)nc1C(F)F. The Hall–Kier alpha value is -1.11. The zero-order valence-electron chi connectivity index (χ0n) is 8.14. The molecule has 0 aliphatic rings. The van der Waals surface area contributed by atoms with Crippen molar-refractivity contribution in [3.05, 3.63) is 28.8 Å². The first kappa shape index (κ1) is 13.0. The molecule has 0 spiro atoms. The van der Waals surface area contributed by atoms with Gasteiger partial charge in [-0.3, -0.25) is 0 Å². The monoisotopic (exact) mass is 297 g/mol. The lowest BCUT2D eigenvalue weighted by Crippen LogP contribution is -2.11. The first-order valence-corrected chi connectivity index (χ1v) is 5.25. The summed E-state index contributed by atoms with van der Waals surface area (Å²) >= 11 is 2.91. The molecule has 1 aromatic heterocycles. The van der Waals surface area contributed by atoms with Crippen LogP contribution in [0.15, 0.2) is 6.07 Å². The van der Waals surface area contributed by atoms with Crippen molar-refractivity contribution < 1.29 is 22.7 Å². The third-order valence-corrected chi connectivity index (χ3v) is 2.35. The van der Waals surface area contributed by atoms with Crippen molar-refractivity contribution >= 4 is 21.9 Å². The van der Waals surface area contributed by atoms with Crippen LogP contribution in [0.2, 0.25) is 0 Å². The van der Waals surface area contributed by atoms with Gasteiger partial charge in [0.1, 0.15) is 11.5 Å². The van der Waals surface area contributed by atoms with Gasteiger partial charge < -0.3 is 4.74 Å².